The van der Waals surface area contributed by atoms with Gasteiger partial charge in [-0.1, -0.05) is 11.6 Å². The summed E-state index contributed by atoms with van der Waals surface area (Å²) >= 11 is 6.88. The van der Waals surface area contributed by atoms with E-state index in [0.29, 0.717) is 10.7 Å². The number of carbonyl (C=O) groups is 3. The highest BCUT2D eigenvalue weighted by Crippen LogP contribution is 2.14. The van der Waals surface area contributed by atoms with E-state index in [4.69, 9.17) is 16.3 Å². The Kier molecular flexibility index (Phi) is 8.63. The number of anilines is 1. The van der Waals surface area contributed by atoms with E-state index in [1.165, 1.54) is 6.92 Å². The van der Waals surface area contributed by atoms with Crippen LogP contribution in [0.3, 0.4) is 0 Å². The first-order chi connectivity index (χ1) is 11.3. The van der Waals surface area contributed by atoms with Gasteiger partial charge in [-0.15, -0.1) is 11.8 Å². The van der Waals surface area contributed by atoms with Gasteiger partial charge in [0.05, 0.1) is 11.5 Å². The van der Waals surface area contributed by atoms with Gasteiger partial charge in [-0.3, -0.25) is 14.4 Å². The molecule has 0 aliphatic heterocycles. The molecule has 0 fully saturated rings. The normalized spacial score (nSPS) is 11.7. The molecule has 0 unspecified atom stereocenters. The van der Waals surface area contributed by atoms with Crippen molar-refractivity contribution in [3.63, 3.8) is 0 Å². The van der Waals surface area contributed by atoms with Crippen molar-refractivity contribution in [1.29, 1.82) is 0 Å². The van der Waals surface area contributed by atoms with Crippen LogP contribution in [0.2, 0.25) is 5.02 Å². The van der Waals surface area contributed by atoms with Crippen LogP contribution < -0.4 is 10.6 Å². The fourth-order valence-corrected chi connectivity index (χ4v) is 2.36. The molecule has 2 amide bonds. The van der Waals surface area contributed by atoms with Crippen molar-refractivity contribution in [2.45, 2.75) is 32.9 Å². The molecule has 132 valence electrons. The van der Waals surface area contributed by atoms with Crippen molar-refractivity contribution in [2.75, 3.05) is 16.8 Å². The fraction of sp³-hybridized carbons (Fsp3) is 0.438. The van der Waals surface area contributed by atoms with Gasteiger partial charge < -0.3 is 15.4 Å². The van der Waals surface area contributed by atoms with E-state index in [1.54, 1.807) is 24.3 Å². The van der Waals surface area contributed by atoms with Crippen LogP contribution in [0.25, 0.3) is 0 Å². The topological polar surface area (TPSA) is 84.5 Å². The Labute approximate surface area is 150 Å². The average Bonchev–Trinajstić information content (AvgIpc) is 2.48. The molecule has 1 atom stereocenters. The number of hydrogen-bond acceptors (Lipinski definition) is 5. The molecule has 0 radical (unpaired) electrons. The number of ether oxygens (including phenoxy) is 1. The SMILES string of the molecule is CC(C)NC(=O)[C@@H](C)OC(=O)CSCC(=O)Nc1ccc(Cl)cc1. The zero-order valence-corrected chi connectivity index (χ0v) is 15.4. The van der Waals surface area contributed by atoms with E-state index in [1.807, 2.05) is 13.8 Å². The van der Waals surface area contributed by atoms with Crippen LogP contribution in [0.5, 0.6) is 0 Å². The maximum atomic E-state index is 11.7. The molecule has 1 aromatic rings. The van der Waals surface area contributed by atoms with Gasteiger partial charge in [0.2, 0.25) is 5.91 Å². The summed E-state index contributed by atoms with van der Waals surface area (Å²) < 4.78 is 5.01. The molecule has 0 saturated heterocycles. The minimum absolute atomic E-state index is 0.00661. The molecule has 1 rings (SSSR count). The van der Waals surface area contributed by atoms with Crippen molar-refractivity contribution in [3.05, 3.63) is 29.3 Å². The van der Waals surface area contributed by atoms with E-state index >= 15 is 0 Å². The van der Waals surface area contributed by atoms with Gasteiger partial charge in [-0.25, -0.2) is 0 Å². The summed E-state index contributed by atoms with van der Waals surface area (Å²) in [4.78, 5) is 35.0. The molecule has 6 nitrogen and oxygen atoms in total. The Morgan fingerprint density at radius 2 is 1.75 bits per heavy atom. The Hall–Kier alpha value is -1.73. The lowest BCUT2D eigenvalue weighted by Gasteiger charge is -2.15. The molecule has 0 saturated carbocycles. The highest BCUT2D eigenvalue weighted by Gasteiger charge is 2.18. The van der Waals surface area contributed by atoms with E-state index in [-0.39, 0.29) is 29.4 Å². The molecule has 1 aromatic carbocycles. The first-order valence-electron chi connectivity index (χ1n) is 7.41. The third-order valence-electron chi connectivity index (χ3n) is 2.69. The Morgan fingerprint density at radius 1 is 1.12 bits per heavy atom. The predicted molar refractivity (Wildman–Crippen MR) is 96.2 cm³/mol. The van der Waals surface area contributed by atoms with E-state index in [0.717, 1.165) is 11.8 Å². The predicted octanol–water partition coefficient (Wildman–Crippen LogP) is 2.47. The van der Waals surface area contributed by atoms with Crippen LogP contribution in [0, 0.1) is 0 Å². The Balaban J connectivity index is 2.26. The number of amides is 2. The van der Waals surface area contributed by atoms with E-state index < -0.39 is 12.1 Å². The van der Waals surface area contributed by atoms with Crippen LogP contribution in [0.4, 0.5) is 5.69 Å². The van der Waals surface area contributed by atoms with Gasteiger partial charge in [-0.05, 0) is 45.0 Å². The second-order valence-electron chi connectivity index (χ2n) is 5.34. The molecule has 0 aliphatic rings. The minimum atomic E-state index is -0.858. The molecule has 24 heavy (non-hydrogen) atoms. The van der Waals surface area contributed by atoms with E-state index in [9.17, 15) is 14.4 Å². The van der Waals surface area contributed by atoms with Gasteiger partial charge in [0, 0.05) is 16.8 Å². The molecule has 0 aliphatic carbocycles. The monoisotopic (exact) mass is 372 g/mol. The van der Waals surface area contributed by atoms with Gasteiger partial charge in [-0.2, -0.15) is 0 Å². The van der Waals surface area contributed by atoms with Crippen LogP contribution >= 0.6 is 23.4 Å². The van der Waals surface area contributed by atoms with Crippen LogP contribution in [0.15, 0.2) is 24.3 Å². The number of rotatable bonds is 8. The van der Waals surface area contributed by atoms with Crippen LogP contribution in [-0.4, -0.2) is 41.4 Å². The second-order valence-corrected chi connectivity index (χ2v) is 6.77. The van der Waals surface area contributed by atoms with Gasteiger partial charge in [0.25, 0.3) is 5.91 Å². The average molecular weight is 373 g/mol. The van der Waals surface area contributed by atoms with Gasteiger partial charge in [0.1, 0.15) is 0 Å². The third kappa shape index (κ3) is 8.21. The van der Waals surface area contributed by atoms with Crippen molar-refractivity contribution >= 4 is 46.8 Å². The van der Waals surface area contributed by atoms with Crippen molar-refractivity contribution in [2.24, 2.45) is 0 Å². The van der Waals surface area contributed by atoms with Crippen molar-refractivity contribution in [3.8, 4) is 0 Å². The molecular formula is C16H21ClN2O4S. The molecular weight excluding hydrogens is 352 g/mol. The standard InChI is InChI=1S/C16H21ClN2O4S/c1-10(2)18-16(22)11(3)23-15(21)9-24-8-14(20)19-13-6-4-12(17)5-7-13/h4-7,10-11H,8-9H2,1-3H3,(H,18,22)(H,19,20)/t11-/m1/s1. The molecule has 0 heterocycles. The number of halogens is 1. The number of esters is 1. The summed E-state index contributed by atoms with van der Waals surface area (Å²) in [7, 11) is 0. The number of nitrogens with one attached hydrogen (secondary N) is 2. The lowest BCUT2D eigenvalue weighted by atomic mass is 10.3. The summed E-state index contributed by atoms with van der Waals surface area (Å²) in [5.41, 5.74) is 0.631. The molecule has 8 heteroatoms. The lowest BCUT2D eigenvalue weighted by molar-refractivity contribution is -0.152. The number of carbonyl (C=O) groups excluding carboxylic acids is 3. The van der Waals surface area contributed by atoms with Gasteiger partial charge >= 0.3 is 5.97 Å². The third-order valence-corrected chi connectivity index (χ3v) is 3.85. The van der Waals surface area contributed by atoms with Crippen LogP contribution in [-0.2, 0) is 19.1 Å². The zero-order valence-electron chi connectivity index (χ0n) is 13.8. The smallest absolute Gasteiger partial charge is 0.316 e. The lowest BCUT2D eigenvalue weighted by Crippen LogP contribution is -2.39. The van der Waals surface area contributed by atoms with Crippen molar-refractivity contribution in [1.82, 2.24) is 5.32 Å². The quantitative estimate of drug-likeness (QED) is 0.685. The highest BCUT2D eigenvalue weighted by atomic mass is 35.5. The first kappa shape index (κ1) is 20.3. The number of thioether (sulfide) groups is 1. The maximum Gasteiger partial charge on any atom is 0.316 e. The van der Waals surface area contributed by atoms with E-state index in [2.05, 4.69) is 10.6 Å². The number of benzene rings is 1. The first-order valence-corrected chi connectivity index (χ1v) is 8.94. The largest absolute Gasteiger partial charge is 0.452 e. The summed E-state index contributed by atoms with van der Waals surface area (Å²) in [5.74, 6) is -1.02. The maximum absolute atomic E-state index is 11.7. The summed E-state index contributed by atoms with van der Waals surface area (Å²) in [5, 5.41) is 5.93. The van der Waals surface area contributed by atoms with Crippen LogP contribution in [0.1, 0.15) is 20.8 Å². The minimum Gasteiger partial charge on any atom is -0.452 e. The molecule has 0 bridgehead atoms. The second kappa shape index (κ2) is 10.2. The Bertz CT molecular complexity index is 578. The zero-order chi connectivity index (χ0) is 18.1. The Morgan fingerprint density at radius 3 is 2.33 bits per heavy atom. The summed E-state index contributed by atoms with van der Waals surface area (Å²) in [6, 6.07) is 6.70. The molecule has 0 spiro atoms. The summed E-state index contributed by atoms with van der Waals surface area (Å²) in [6.45, 7) is 5.15. The molecule has 2 N–H and O–H groups in total. The number of hydrogen-bond donors (Lipinski definition) is 2. The van der Waals surface area contributed by atoms with Gasteiger partial charge in [0.15, 0.2) is 6.10 Å². The highest BCUT2D eigenvalue weighted by molar-refractivity contribution is 8.00. The fourth-order valence-electron chi connectivity index (χ4n) is 1.64. The molecule has 0 aromatic heterocycles. The van der Waals surface area contributed by atoms with Crippen molar-refractivity contribution < 1.29 is 19.1 Å². The summed E-state index contributed by atoms with van der Waals surface area (Å²) in [6.07, 6.45) is -0.858.